The van der Waals surface area contributed by atoms with Crippen molar-refractivity contribution in [3.63, 3.8) is 0 Å². The summed E-state index contributed by atoms with van der Waals surface area (Å²) in [7, 11) is 0. The molecule has 0 unspecified atom stereocenters. The van der Waals surface area contributed by atoms with E-state index in [-0.39, 0.29) is 5.75 Å². The van der Waals surface area contributed by atoms with Crippen LogP contribution in [0.25, 0.3) is 0 Å². The second-order valence-electron chi connectivity index (χ2n) is 4.08. The highest BCUT2D eigenvalue weighted by molar-refractivity contribution is 5.17. The van der Waals surface area contributed by atoms with E-state index in [1.807, 2.05) is 18.2 Å². The number of rotatable bonds is 6. The average Bonchev–Trinajstić information content (AvgIpc) is 2.42. The molecule has 0 bridgehead atoms. The monoisotopic (exact) mass is 245 g/mol. The van der Waals surface area contributed by atoms with Gasteiger partial charge in [0.15, 0.2) is 5.75 Å². The summed E-state index contributed by atoms with van der Waals surface area (Å²) >= 11 is 0. The van der Waals surface area contributed by atoms with Crippen molar-refractivity contribution in [2.24, 2.45) is 0 Å². The third-order valence-electron chi connectivity index (χ3n) is 2.69. The Morgan fingerprint density at radius 2 is 1.83 bits per heavy atom. The number of aryl methyl sites for hydroxylation is 1. The first-order valence-corrected chi connectivity index (χ1v) is 6.13. The first kappa shape index (κ1) is 12.6. The molecule has 0 atom stereocenters. The molecule has 2 nitrogen and oxygen atoms in total. The van der Waals surface area contributed by atoms with Gasteiger partial charge in [-0.1, -0.05) is 30.3 Å². The van der Waals surface area contributed by atoms with Crippen molar-refractivity contribution in [3.05, 3.63) is 60.2 Å². The Balaban J connectivity index is 1.66. The molecule has 0 aliphatic rings. The van der Waals surface area contributed by atoms with Gasteiger partial charge in [-0.2, -0.15) is 4.39 Å². The van der Waals surface area contributed by atoms with Crippen LogP contribution in [0, 0.1) is 5.95 Å². The van der Waals surface area contributed by atoms with Gasteiger partial charge >= 0.3 is 0 Å². The molecule has 0 saturated heterocycles. The Hall–Kier alpha value is -1.90. The van der Waals surface area contributed by atoms with Crippen LogP contribution in [0.5, 0.6) is 5.75 Å². The number of halogens is 1. The van der Waals surface area contributed by atoms with E-state index < -0.39 is 5.95 Å². The molecule has 0 radical (unpaired) electrons. The van der Waals surface area contributed by atoms with Crippen molar-refractivity contribution < 1.29 is 9.13 Å². The van der Waals surface area contributed by atoms with Crippen LogP contribution in [0.1, 0.15) is 18.4 Å². The molecule has 2 rings (SSSR count). The zero-order chi connectivity index (χ0) is 12.6. The number of pyridine rings is 1. The Morgan fingerprint density at radius 1 is 1.00 bits per heavy atom. The molecule has 0 saturated carbocycles. The molecule has 0 fully saturated rings. The van der Waals surface area contributed by atoms with Gasteiger partial charge in [0.2, 0.25) is 0 Å². The van der Waals surface area contributed by atoms with Gasteiger partial charge in [-0.3, -0.25) is 0 Å². The molecule has 1 aromatic carbocycles. The van der Waals surface area contributed by atoms with Gasteiger partial charge in [0.05, 0.1) is 6.61 Å². The third-order valence-corrected chi connectivity index (χ3v) is 2.69. The van der Waals surface area contributed by atoms with Crippen molar-refractivity contribution in [2.75, 3.05) is 6.61 Å². The van der Waals surface area contributed by atoms with Gasteiger partial charge in [0.25, 0.3) is 5.95 Å². The molecule has 0 amide bonds. The summed E-state index contributed by atoms with van der Waals surface area (Å²) in [5.41, 5.74) is 1.32. The Labute approximate surface area is 106 Å². The van der Waals surface area contributed by atoms with E-state index in [2.05, 4.69) is 17.1 Å². The molecule has 3 heteroatoms. The zero-order valence-corrected chi connectivity index (χ0v) is 10.2. The number of nitrogens with zero attached hydrogens (tertiary/aromatic N) is 1. The molecule has 18 heavy (non-hydrogen) atoms. The standard InChI is InChI=1S/C15H16FNO/c16-15-14(10-6-11-17-15)18-12-5-4-9-13-7-2-1-3-8-13/h1-3,6-8,10-11H,4-5,9,12H2. The maximum Gasteiger partial charge on any atom is 0.255 e. The Morgan fingerprint density at radius 3 is 2.61 bits per heavy atom. The summed E-state index contributed by atoms with van der Waals surface area (Å²) in [5.74, 6) is -0.308. The zero-order valence-electron chi connectivity index (χ0n) is 10.2. The number of unbranched alkanes of at least 4 members (excludes halogenated alkanes) is 1. The first-order chi connectivity index (χ1) is 8.86. The second kappa shape index (κ2) is 6.74. The minimum atomic E-state index is -0.541. The van der Waals surface area contributed by atoms with Crippen LogP contribution in [0.15, 0.2) is 48.7 Å². The van der Waals surface area contributed by atoms with E-state index in [4.69, 9.17) is 4.74 Å². The van der Waals surface area contributed by atoms with E-state index in [0.717, 1.165) is 19.3 Å². The fraction of sp³-hybridized carbons (Fsp3) is 0.267. The average molecular weight is 245 g/mol. The molecule has 1 heterocycles. The predicted molar refractivity (Wildman–Crippen MR) is 69.1 cm³/mol. The fourth-order valence-corrected chi connectivity index (χ4v) is 1.74. The van der Waals surface area contributed by atoms with Crippen LogP contribution >= 0.6 is 0 Å². The van der Waals surface area contributed by atoms with Crippen molar-refractivity contribution in [1.82, 2.24) is 4.98 Å². The third kappa shape index (κ3) is 3.84. The largest absolute Gasteiger partial charge is 0.489 e. The highest BCUT2D eigenvalue weighted by Crippen LogP contribution is 2.13. The molecule has 0 spiro atoms. The van der Waals surface area contributed by atoms with Gasteiger partial charge in [-0.25, -0.2) is 4.98 Å². The topological polar surface area (TPSA) is 22.1 Å². The molecule has 0 N–H and O–H groups in total. The van der Waals surface area contributed by atoms with E-state index in [9.17, 15) is 4.39 Å². The summed E-state index contributed by atoms with van der Waals surface area (Å²) in [4.78, 5) is 3.53. The number of aromatic nitrogens is 1. The summed E-state index contributed by atoms with van der Waals surface area (Å²) in [6, 6.07) is 13.6. The Bertz CT molecular complexity index is 473. The predicted octanol–water partition coefficient (Wildman–Crippen LogP) is 3.62. The maximum atomic E-state index is 13.1. The lowest BCUT2D eigenvalue weighted by Crippen LogP contribution is -2.00. The summed E-state index contributed by atoms with van der Waals surface area (Å²) in [5, 5.41) is 0. The molecular formula is C15H16FNO. The summed E-state index contributed by atoms with van der Waals surface area (Å²) in [6.07, 6.45) is 4.38. The van der Waals surface area contributed by atoms with Crippen LogP contribution in [0.2, 0.25) is 0 Å². The first-order valence-electron chi connectivity index (χ1n) is 6.13. The lowest BCUT2D eigenvalue weighted by Gasteiger charge is -2.06. The normalized spacial score (nSPS) is 10.3. The Kier molecular flexibility index (Phi) is 4.70. The van der Waals surface area contributed by atoms with E-state index in [0.29, 0.717) is 6.61 Å². The van der Waals surface area contributed by atoms with E-state index >= 15 is 0 Å². The molecule has 0 aliphatic carbocycles. The quantitative estimate of drug-likeness (QED) is 0.573. The number of hydrogen-bond donors (Lipinski definition) is 0. The number of benzene rings is 1. The van der Waals surface area contributed by atoms with E-state index in [1.54, 1.807) is 12.1 Å². The minimum Gasteiger partial charge on any atom is -0.489 e. The van der Waals surface area contributed by atoms with Gasteiger partial charge in [-0.15, -0.1) is 0 Å². The molecule has 94 valence electrons. The molecular weight excluding hydrogens is 229 g/mol. The van der Waals surface area contributed by atoms with Crippen LogP contribution in [0.3, 0.4) is 0 Å². The molecule has 0 aliphatic heterocycles. The van der Waals surface area contributed by atoms with Crippen LogP contribution in [-0.4, -0.2) is 11.6 Å². The SMILES string of the molecule is Fc1ncccc1OCCCCc1ccccc1. The lowest BCUT2D eigenvalue weighted by atomic mass is 10.1. The maximum absolute atomic E-state index is 13.1. The smallest absolute Gasteiger partial charge is 0.255 e. The summed E-state index contributed by atoms with van der Waals surface area (Å²) in [6.45, 7) is 0.523. The van der Waals surface area contributed by atoms with Crippen molar-refractivity contribution >= 4 is 0 Å². The van der Waals surface area contributed by atoms with Crippen LogP contribution in [0.4, 0.5) is 4.39 Å². The van der Waals surface area contributed by atoms with E-state index in [1.165, 1.54) is 11.8 Å². The summed E-state index contributed by atoms with van der Waals surface area (Å²) < 4.78 is 18.5. The molecule has 1 aromatic heterocycles. The number of hydrogen-bond acceptors (Lipinski definition) is 2. The lowest BCUT2D eigenvalue weighted by molar-refractivity contribution is 0.288. The van der Waals surface area contributed by atoms with Crippen LogP contribution in [-0.2, 0) is 6.42 Å². The van der Waals surface area contributed by atoms with Crippen molar-refractivity contribution in [3.8, 4) is 5.75 Å². The number of ether oxygens (including phenoxy) is 1. The molecule has 2 aromatic rings. The van der Waals surface area contributed by atoms with Gasteiger partial charge in [-0.05, 0) is 37.0 Å². The van der Waals surface area contributed by atoms with Gasteiger partial charge in [0, 0.05) is 6.20 Å². The fourth-order valence-electron chi connectivity index (χ4n) is 1.74. The highest BCUT2D eigenvalue weighted by Gasteiger charge is 2.02. The van der Waals surface area contributed by atoms with Gasteiger partial charge in [0.1, 0.15) is 0 Å². The van der Waals surface area contributed by atoms with Crippen LogP contribution < -0.4 is 4.74 Å². The van der Waals surface area contributed by atoms with Gasteiger partial charge < -0.3 is 4.74 Å². The van der Waals surface area contributed by atoms with Crippen molar-refractivity contribution in [2.45, 2.75) is 19.3 Å². The highest BCUT2D eigenvalue weighted by atomic mass is 19.1. The minimum absolute atomic E-state index is 0.234. The second-order valence-corrected chi connectivity index (χ2v) is 4.08. The van der Waals surface area contributed by atoms with Crippen molar-refractivity contribution in [1.29, 1.82) is 0 Å².